The predicted octanol–water partition coefficient (Wildman–Crippen LogP) is 4.88. The van der Waals surface area contributed by atoms with Crippen molar-refractivity contribution in [3.8, 4) is 0 Å². The molecule has 0 fully saturated rings. The van der Waals surface area contributed by atoms with Gasteiger partial charge in [-0.2, -0.15) is 0 Å². The molecule has 0 spiro atoms. The van der Waals surface area contributed by atoms with Gasteiger partial charge >= 0.3 is 0 Å². The van der Waals surface area contributed by atoms with Crippen molar-refractivity contribution in [1.29, 1.82) is 0 Å². The van der Waals surface area contributed by atoms with Gasteiger partial charge in [0.05, 0.1) is 12.1 Å². The monoisotopic (exact) mass is 492 g/mol. The van der Waals surface area contributed by atoms with Crippen LogP contribution in [0.25, 0.3) is 10.9 Å². The molecule has 0 radical (unpaired) electrons. The number of hydrogen-bond donors (Lipinski definition) is 1. The molecule has 0 amide bonds. The first-order valence-corrected chi connectivity index (χ1v) is 12.7. The summed E-state index contributed by atoms with van der Waals surface area (Å²) in [6.07, 6.45) is 0.847. The van der Waals surface area contributed by atoms with Crippen molar-refractivity contribution in [1.82, 2.24) is 30.1 Å². The molecule has 2 heterocycles. The summed E-state index contributed by atoms with van der Waals surface area (Å²) in [6.45, 7) is 8.57. The molecule has 5 aromatic rings. The van der Waals surface area contributed by atoms with E-state index in [1.165, 1.54) is 16.7 Å². The molecule has 0 aliphatic carbocycles. The van der Waals surface area contributed by atoms with Crippen LogP contribution in [0.1, 0.15) is 39.2 Å². The molecule has 3 aromatic carbocycles. The van der Waals surface area contributed by atoms with Crippen molar-refractivity contribution in [3.63, 3.8) is 0 Å². The number of rotatable bonds is 9. The maximum atomic E-state index is 13.1. The topological polar surface area (TPSA) is 79.7 Å². The first kappa shape index (κ1) is 24.6. The number of H-pyrrole nitrogens is 1. The van der Waals surface area contributed by atoms with Crippen LogP contribution in [0.5, 0.6) is 0 Å². The van der Waals surface area contributed by atoms with Crippen LogP contribution in [0.3, 0.4) is 0 Å². The third kappa shape index (κ3) is 5.84. The summed E-state index contributed by atoms with van der Waals surface area (Å²) in [6, 6.07) is 25.0. The van der Waals surface area contributed by atoms with E-state index in [2.05, 4.69) is 81.7 Å². The molecule has 0 aliphatic heterocycles. The maximum Gasteiger partial charge on any atom is 0.252 e. The van der Waals surface area contributed by atoms with Gasteiger partial charge in [-0.3, -0.25) is 9.69 Å². The minimum atomic E-state index is -0.0567. The zero-order valence-corrected chi connectivity index (χ0v) is 21.6. The van der Waals surface area contributed by atoms with Gasteiger partial charge in [0.25, 0.3) is 5.56 Å². The lowest BCUT2D eigenvalue weighted by Crippen LogP contribution is -2.28. The van der Waals surface area contributed by atoms with E-state index in [9.17, 15) is 4.79 Å². The molecule has 188 valence electrons. The lowest BCUT2D eigenvalue weighted by Gasteiger charge is -2.22. The Kier molecular flexibility index (Phi) is 7.23. The average molecular weight is 493 g/mol. The summed E-state index contributed by atoms with van der Waals surface area (Å²) >= 11 is 0. The predicted molar refractivity (Wildman–Crippen MR) is 146 cm³/mol. The molecular weight excluding hydrogens is 460 g/mol. The molecule has 5 rings (SSSR count). The van der Waals surface area contributed by atoms with Crippen molar-refractivity contribution in [3.05, 3.63) is 122 Å². The van der Waals surface area contributed by atoms with Crippen molar-refractivity contribution >= 4 is 10.9 Å². The molecule has 0 saturated heterocycles. The number of aromatic amines is 1. The van der Waals surface area contributed by atoms with Crippen LogP contribution < -0.4 is 5.56 Å². The normalized spacial score (nSPS) is 11.5. The molecule has 0 unspecified atom stereocenters. The Bertz CT molecular complexity index is 1550. The number of tetrazole rings is 1. The Morgan fingerprint density at radius 3 is 2.38 bits per heavy atom. The Hall–Kier alpha value is -4.10. The van der Waals surface area contributed by atoms with Crippen LogP contribution in [0.4, 0.5) is 0 Å². The standard InChI is InChI=1S/C30H32N6O/c1-21-9-13-25(14-10-21)18-35(19-26-17-27-22(2)11-12-23(3)29(27)31-30(26)37)20-28-32-33-34-36(28)16-15-24-7-5-4-6-8-24/h4-14,17H,15-16,18-20H2,1-3H3,(H,31,37). The zero-order valence-electron chi connectivity index (χ0n) is 21.6. The Balaban J connectivity index is 1.43. The lowest BCUT2D eigenvalue weighted by atomic mass is 10.0. The third-order valence-corrected chi connectivity index (χ3v) is 6.87. The highest BCUT2D eigenvalue weighted by Crippen LogP contribution is 2.21. The number of hydrogen-bond acceptors (Lipinski definition) is 5. The molecule has 7 nitrogen and oxygen atoms in total. The smallest absolute Gasteiger partial charge is 0.252 e. The van der Waals surface area contributed by atoms with Crippen LogP contribution in [0.15, 0.2) is 77.6 Å². The third-order valence-electron chi connectivity index (χ3n) is 6.87. The number of nitrogens with one attached hydrogen (secondary N) is 1. The Labute approximate surface area is 216 Å². The van der Waals surface area contributed by atoms with E-state index < -0.39 is 0 Å². The van der Waals surface area contributed by atoms with Crippen LogP contribution in [0.2, 0.25) is 0 Å². The number of nitrogens with zero attached hydrogens (tertiary/aromatic N) is 5. The molecule has 0 aliphatic rings. The van der Waals surface area contributed by atoms with Gasteiger partial charge in [-0.25, -0.2) is 4.68 Å². The average Bonchev–Trinajstić information content (AvgIpc) is 3.34. The largest absolute Gasteiger partial charge is 0.321 e. The number of aryl methyl sites for hydroxylation is 5. The minimum absolute atomic E-state index is 0.0567. The fraction of sp³-hybridized carbons (Fsp3) is 0.267. The quantitative estimate of drug-likeness (QED) is 0.317. The second-order valence-electron chi connectivity index (χ2n) is 9.80. The summed E-state index contributed by atoms with van der Waals surface area (Å²) in [5.74, 6) is 0.785. The van der Waals surface area contributed by atoms with Crippen LogP contribution in [-0.4, -0.2) is 30.1 Å². The molecule has 7 heteroatoms. The van der Waals surface area contributed by atoms with Gasteiger partial charge in [0.15, 0.2) is 5.82 Å². The van der Waals surface area contributed by atoms with E-state index in [1.54, 1.807) is 0 Å². The van der Waals surface area contributed by atoms with Gasteiger partial charge in [-0.1, -0.05) is 72.3 Å². The summed E-state index contributed by atoms with van der Waals surface area (Å²) in [7, 11) is 0. The minimum Gasteiger partial charge on any atom is -0.321 e. The number of pyridine rings is 1. The van der Waals surface area contributed by atoms with Crippen LogP contribution >= 0.6 is 0 Å². The van der Waals surface area contributed by atoms with E-state index in [0.717, 1.165) is 39.8 Å². The van der Waals surface area contributed by atoms with Crippen LogP contribution in [0, 0.1) is 20.8 Å². The van der Waals surface area contributed by atoms with Gasteiger partial charge in [0, 0.05) is 30.6 Å². The van der Waals surface area contributed by atoms with Crippen molar-refractivity contribution in [2.75, 3.05) is 0 Å². The second kappa shape index (κ2) is 10.9. The first-order chi connectivity index (χ1) is 18.0. The van der Waals surface area contributed by atoms with E-state index in [4.69, 9.17) is 0 Å². The van der Waals surface area contributed by atoms with Gasteiger partial charge in [0.1, 0.15) is 0 Å². The highest BCUT2D eigenvalue weighted by atomic mass is 16.1. The lowest BCUT2D eigenvalue weighted by molar-refractivity contribution is 0.235. The molecule has 0 atom stereocenters. The number of fused-ring (bicyclic) bond motifs is 1. The second-order valence-corrected chi connectivity index (χ2v) is 9.80. The van der Waals surface area contributed by atoms with Crippen molar-refractivity contribution in [2.24, 2.45) is 0 Å². The first-order valence-electron chi connectivity index (χ1n) is 12.7. The van der Waals surface area contributed by atoms with E-state index in [0.29, 0.717) is 26.2 Å². The van der Waals surface area contributed by atoms with Crippen LogP contribution in [-0.2, 0) is 32.6 Å². The highest BCUT2D eigenvalue weighted by Gasteiger charge is 2.16. The molecular formula is C30H32N6O. The van der Waals surface area contributed by atoms with Gasteiger partial charge < -0.3 is 4.98 Å². The van der Waals surface area contributed by atoms with E-state index >= 15 is 0 Å². The summed E-state index contributed by atoms with van der Waals surface area (Å²) in [5, 5.41) is 13.6. The zero-order chi connectivity index (χ0) is 25.8. The summed E-state index contributed by atoms with van der Waals surface area (Å²) in [4.78, 5) is 18.5. The van der Waals surface area contributed by atoms with E-state index in [-0.39, 0.29) is 5.56 Å². The molecule has 0 saturated carbocycles. The SMILES string of the molecule is Cc1ccc(CN(Cc2cc3c(C)ccc(C)c3[nH]c2=O)Cc2nnnn2CCc2ccccc2)cc1. The maximum absolute atomic E-state index is 13.1. The fourth-order valence-corrected chi connectivity index (χ4v) is 4.69. The van der Waals surface area contributed by atoms with Crippen molar-refractivity contribution in [2.45, 2.75) is 53.4 Å². The van der Waals surface area contributed by atoms with Gasteiger partial charge in [-0.15, -0.1) is 5.10 Å². The Morgan fingerprint density at radius 2 is 1.59 bits per heavy atom. The van der Waals surface area contributed by atoms with E-state index in [1.807, 2.05) is 41.9 Å². The number of benzene rings is 3. The molecule has 2 aromatic heterocycles. The van der Waals surface area contributed by atoms with Gasteiger partial charge in [-0.05, 0) is 65.9 Å². The number of aromatic nitrogens is 5. The van der Waals surface area contributed by atoms with Gasteiger partial charge in [0.2, 0.25) is 0 Å². The Morgan fingerprint density at radius 1 is 0.838 bits per heavy atom. The summed E-state index contributed by atoms with van der Waals surface area (Å²) in [5.41, 5.74) is 7.44. The fourth-order valence-electron chi connectivity index (χ4n) is 4.69. The molecule has 0 bridgehead atoms. The highest BCUT2D eigenvalue weighted by molar-refractivity contribution is 5.85. The molecule has 1 N–H and O–H groups in total. The van der Waals surface area contributed by atoms with Crippen molar-refractivity contribution < 1.29 is 0 Å². The molecule has 37 heavy (non-hydrogen) atoms. The summed E-state index contributed by atoms with van der Waals surface area (Å²) < 4.78 is 1.87.